The minimum absolute atomic E-state index is 0.189. The molecule has 0 saturated heterocycles. The summed E-state index contributed by atoms with van der Waals surface area (Å²) in [5.74, 6) is 0.515. The molecule has 0 bridgehead atoms. The second kappa shape index (κ2) is 5.12. The summed E-state index contributed by atoms with van der Waals surface area (Å²) < 4.78 is 5.44. The van der Waals surface area contributed by atoms with Crippen LogP contribution in [-0.4, -0.2) is 24.1 Å². The van der Waals surface area contributed by atoms with E-state index in [0.717, 1.165) is 6.29 Å². The van der Waals surface area contributed by atoms with Crippen LogP contribution in [0.2, 0.25) is 0 Å². The number of benzene rings is 1. The smallest absolute Gasteiger partial charge is 0.153 e. The Balaban J connectivity index is 2.64. The van der Waals surface area contributed by atoms with Gasteiger partial charge in [-0.2, -0.15) is 0 Å². The van der Waals surface area contributed by atoms with Crippen LogP contribution < -0.4 is 4.74 Å². The number of para-hydroxylation sites is 1. The van der Waals surface area contributed by atoms with E-state index in [0.29, 0.717) is 11.3 Å². The zero-order chi connectivity index (χ0) is 12.2. The van der Waals surface area contributed by atoms with E-state index in [4.69, 9.17) is 4.74 Å². The van der Waals surface area contributed by atoms with E-state index in [1.807, 2.05) is 20.8 Å². The molecule has 1 rings (SSSR count). The van der Waals surface area contributed by atoms with Gasteiger partial charge in [-0.05, 0) is 17.5 Å². The first-order valence-electron chi connectivity index (χ1n) is 5.30. The van der Waals surface area contributed by atoms with E-state index in [1.54, 1.807) is 24.3 Å². The SMILES string of the molecule is CC(C)(C)[C@@H](O)COc1ccccc1C=O. The predicted molar refractivity (Wildman–Crippen MR) is 62.8 cm³/mol. The van der Waals surface area contributed by atoms with Gasteiger partial charge in [0.25, 0.3) is 0 Å². The molecule has 0 spiro atoms. The molecule has 0 radical (unpaired) electrons. The van der Waals surface area contributed by atoms with Gasteiger partial charge in [-0.25, -0.2) is 0 Å². The van der Waals surface area contributed by atoms with Crippen molar-refractivity contribution < 1.29 is 14.6 Å². The van der Waals surface area contributed by atoms with Crippen LogP contribution in [-0.2, 0) is 0 Å². The molecule has 0 aliphatic heterocycles. The minimum atomic E-state index is -0.563. The van der Waals surface area contributed by atoms with E-state index in [9.17, 15) is 9.90 Å². The van der Waals surface area contributed by atoms with Crippen molar-refractivity contribution in [2.45, 2.75) is 26.9 Å². The summed E-state index contributed by atoms with van der Waals surface area (Å²) in [5.41, 5.74) is 0.277. The van der Waals surface area contributed by atoms with Crippen LogP contribution in [0.3, 0.4) is 0 Å². The van der Waals surface area contributed by atoms with E-state index < -0.39 is 6.10 Å². The Kier molecular flexibility index (Phi) is 4.07. The Morgan fingerprint density at radius 3 is 2.56 bits per heavy atom. The van der Waals surface area contributed by atoms with Crippen LogP contribution in [0, 0.1) is 5.41 Å². The average Bonchev–Trinajstić information content (AvgIpc) is 2.24. The molecule has 0 amide bonds. The molecule has 3 nitrogen and oxygen atoms in total. The molecule has 0 heterocycles. The number of aldehydes is 1. The Morgan fingerprint density at radius 2 is 2.00 bits per heavy atom. The third-order valence-corrected chi connectivity index (χ3v) is 2.44. The fraction of sp³-hybridized carbons (Fsp3) is 0.462. The van der Waals surface area contributed by atoms with Gasteiger partial charge in [0.1, 0.15) is 12.4 Å². The molecule has 1 atom stereocenters. The van der Waals surface area contributed by atoms with Gasteiger partial charge in [-0.3, -0.25) is 4.79 Å². The topological polar surface area (TPSA) is 46.5 Å². The highest BCUT2D eigenvalue weighted by Crippen LogP contribution is 2.21. The van der Waals surface area contributed by atoms with Crippen LogP contribution in [0.5, 0.6) is 5.75 Å². The van der Waals surface area contributed by atoms with Crippen LogP contribution in [0.25, 0.3) is 0 Å². The third kappa shape index (κ3) is 3.35. The van der Waals surface area contributed by atoms with Gasteiger partial charge >= 0.3 is 0 Å². The first-order valence-corrected chi connectivity index (χ1v) is 5.30. The second-order valence-corrected chi connectivity index (χ2v) is 4.85. The molecule has 1 aromatic carbocycles. The lowest BCUT2D eigenvalue weighted by atomic mass is 9.90. The highest BCUT2D eigenvalue weighted by atomic mass is 16.5. The molecule has 0 aromatic heterocycles. The summed E-state index contributed by atoms with van der Waals surface area (Å²) in [5, 5.41) is 9.80. The van der Waals surface area contributed by atoms with Crippen molar-refractivity contribution in [3.63, 3.8) is 0 Å². The first-order chi connectivity index (χ1) is 7.45. The van der Waals surface area contributed by atoms with Crippen LogP contribution in [0.1, 0.15) is 31.1 Å². The first kappa shape index (κ1) is 12.7. The average molecular weight is 222 g/mol. The van der Waals surface area contributed by atoms with Gasteiger partial charge in [-0.15, -0.1) is 0 Å². The van der Waals surface area contributed by atoms with Crippen LogP contribution in [0.4, 0.5) is 0 Å². The number of hydrogen-bond acceptors (Lipinski definition) is 3. The number of aliphatic hydroxyl groups excluding tert-OH is 1. The highest BCUT2D eigenvalue weighted by Gasteiger charge is 2.22. The summed E-state index contributed by atoms with van der Waals surface area (Å²) in [6.07, 6.45) is 0.186. The molecule has 1 N–H and O–H groups in total. The quantitative estimate of drug-likeness (QED) is 0.795. The van der Waals surface area contributed by atoms with Crippen molar-refractivity contribution in [1.29, 1.82) is 0 Å². The van der Waals surface area contributed by atoms with E-state index in [-0.39, 0.29) is 12.0 Å². The normalized spacial score (nSPS) is 13.2. The van der Waals surface area contributed by atoms with Gasteiger partial charge in [0.15, 0.2) is 6.29 Å². The molecular weight excluding hydrogens is 204 g/mol. The molecule has 1 aromatic rings. The van der Waals surface area contributed by atoms with Crippen LogP contribution in [0.15, 0.2) is 24.3 Å². The Bertz CT molecular complexity index is 352. The van der Waals surface area contributed by atoms with Gasteiger partial charge in [0, 0.05) is 0 Å². The van der Waals surface area contributed by atoms with Gasteiger partial charge in [0.2, 0.25) is 0 Å². The fourth-order valence-corrected chi connectivity index (χ4v) is 1.13. The maximum Gasteiger partial charge on any atom is 0.153 e. The lowest BCUT2D eigenvalue weighted by Gasteiger charge is -2.25. The summed E-state index contributed by atoms with van der Waals surface area (Å²) >= 11 is 0. The monoisotopic (exact) mass is 222 g/mol. The zero-order valence-corrected chi connectivity index (χ0v) is 9.93. The minimum Gasteiger partial charge on any atom is -0.490 e. The van der Waals surface area contributed by atoms with Crippen molar-refractivity contribution in [1.82, 2.24) is 0 Å². The molecule has 16 heavy (non-hydrogen) atoms. The Labute approximate surface area is 96.1 Å². The van der Waals surface area contributed by atoms with Crippen molar-refractivity contribution in [3.8, 4) is 5.75 Å². The van der Waals surface area contributed by atoms with Gasteiger partial charge < -0.3 is 9.84 Å². The molecule has 0 aliphatic rings. The predicted octanol–water partition coefficient (Wildman–Crippen LogP) is 2.28. The van der Waals surface area contributed by atoms with Gasteiger partial charge in [-0.1, -0.05) is 32.9 Å². The summed E-state index contributed by atoms with van der Waals surface area (Å²) in [7, 11) is 0. The number of aliphatic hydroxyl groups is 1. The molecule has 0 saturated carbocycles. The Hall–Kier alpha value is -1.35. The van der Waals surface area contributed by atoms with Crippen molar-refractivity contribution in [2.75, 3.05) is 6.61 Å². The molecule has 0 unspecified atom stereocenters. The van der Waals surface area contributed by atoms with Gasteiger partial charge in [0.05, 0.1) is 11.7 Å². The lowest BCUT2D eigenvalue weighted by Crippen LogP contribution is -2.32. The van der Waals surface area contributed by atoms with E-state index >= 15 is 0 Å². The number of hydrogen-bond donors (Lipinski definition) is 1. The molecule has 88 valence electrons. The van der Waals surface area contributed by atoms with E-state index in [1.165, 1.54) is 0 Å². The van der Waals surface area contributed by atoms with Crippen molar-refractivity contribution in [2.24, 2.45) is 5.41 Å². The maximum atomic E-state index is 10.7. The summed E-state index contributed by atoms with van der Waals surface area (Å²) in [6.45, 7) is 6.00. The zero-order valence-electron chi connectivity index (χ0n) is 9.93. The summed E-state index contributed by atoms with van der Waals surface area (Å²) in [6, 6.07) is 6.98. The molecule has 0 fully saturated rings. The number of carbonyl (C=O) groups is 1. The summed E-state index contributed by atoms with van der Waals surface area (Å²) in [4.78, 5) is 10.7. The van der Waals surface area contributed by atoms with Crippen molar-refractivity contribution >= 4 is 6.29 Å². The molecule has 3 heteroatoms. The molecule has 0 aliphatic carbocycles. The van der Waals surface area contributed by atoms with E-state index in [2.05, 4.69) is 0 Å². The Morgan fingerprint density at radius 1 is 1.38 bits per heavy atom. The third-order valence-electron chi connectivity index (χ3n) is 2.44. The largest absolute Gasteiger partial charge is 0.490 e. The number of carbonyl (C=O) groups excluding carboxylic acids is 1. The number of rotatable bonds is 4. The van der Waals surface area contributed by atoms with Crippen LogP contribution >= 0.6 is 0 Å². The van der Waals surface area contributed by atoms with Crippen molar-refractivity contribution in [3.05, 3.63) is 29.8 Å². The maximum absolute atomic E-state index is 10.7. The highest BCUT2D eigenvalue weighted by molar-refractivity contribution is 5.79. The lowest BCUT2D eigenvalue weighted by molar-refractivity contribution is 0.0216. The fourth-order valence-electron chi connectivity index (χ4n) is 1.13. The second-order valence-electron chi connectivity index (χ2n) is 4.85. The molecular formula is C13H18O3. The standard InChI is InChI=1S/C13H18O3/c1-13(2,3)12(15)9-16-11-7-5-4-6-10(11)8-14/h4-8,12,15H,9H2,1-3H3/t12-/m0/s1. The number of ether oxygens (including phenoxy) is 1.